The summed E-state index contributed by atoms with van der Waals surface area (Å²) < 4.78 is 6.11. The van der Waals surface area contributed by atoms with Gasteiger partial charge in [0.05, 0.1) is 0 Å². The Morgan fingerprint density at radius 2 is 1.68 bits per heavy atom. The van der Waals surface area contributed by atoms with Crippen LogP contribution in [0, 0.1) is 0 Å². The first kappa shape index (κ1) is 11.3. The molecule has 2 heterocycles. The molecule has 1 N–H and O–H groups in total. The van der Waals surface area contributed by atoms with Crippen LogP contribution in [0.2, 0.25) is 5.02 Å². The van der Waals surface area contributed by atoms with Crippen LogP contribution in [0.4, 0.5) is 0 Å². The number of benzene rings is 2. The minimum atomic E-state index is 0.442. The van der Waals surface area contributed by atoms with Crippen molar-refractivity contribution in [3.63, 3.8) is 0 Å². The van der Waals surface area contributed by atoms with Crippen LogP contribution in [0.5, 0.6) is 11.5 Å². The molecule has 0 bridgehead atoms. The Balaban J connectivity index is 1.94. The normalized spacial score (nSPS) is 23.8. The molecule has 0 aromatic heterocycles. The van der Waals surface area contributed by atoms with Gasteiger partial charge in [0, 0.05) is 35.5 Å². The first-order valence-electron chi connectivity index (χ1n) is 6.60. The molecule has 1 saturated heterocycles. The van der Waals surface area contributed by atoms with Crippen molar-refractivity contribution >= 4 is 11.6 Å². The van der Waals surface area contributed by atoms with E-state index in [0.29, 0.717) is 11.8 Å². The Morgan fingerprint density at radius 3 is 2.58 bits per heavy atom. The quantitative estimate of drug-likeness (QED) is 0.788. The van der Waals surface area contributed by atoms with Crippen LogP contribution in [0.25, 0.3) is 0 Å². The minimum Gasteiger partial charge on any atom is -0.457 e. The standard InChI is InChI=1S/C16H14ClNO/c17-10-5-6-16-12(7-10)14-9-18-8-13(14)11-3-1-2-4-15(11)19-16/h1-7,13-14,18H,8-9H2/t13-,14-/m1/s1/i5+1,6+1,7+1,10+1,12+1,16+1. The van der Waals surface area contributed by atoms with Crippen LogP contribution in [0.15, 0.2) is 42.5 Å². The number of para-hydroxylation sites is 1. The summed E-state index contributed by atoms with van der Waals surface area (Å²) in [6, 6.07) is 14.3. The van der Waals surface area contributed by atoms with Crippen molar-refractivity contribution in [2.45, 2.75) is 11.8 Å². The van der Waals surface area contributed by atoms with Gasteiger partial charge in [-0.1, -0.05) is 29.8 Å². The lowest BCUT2D eigenvalue weighted by Crippen LogP contribution is -2.08. The van der Waals surface area contributed by atoms with Gasteiger partial charge in [-0.2, -0.15) is 0 Å². The second-order valence-corrected chi connectivity index (χ2v) is 5.63. The first-order valence-corrected chi connectivity index (χ1v) is 6.97. The molecule has 0 aliphatic carbocycles. The molecule has 2 aromatic rings. The number of halogens is 1. The van der Waals surface area contributed by atoms with Gasteiger partial charge in [-0.25, -0.2) is 0 Å². The molecule has 3 heteroatoms. The van der Waals surface area contributed by atoms with Crippen LogP contribution < -0.4 is 10.1 Å². The molecular formula is C16H14ClNO. The Bertz CT molecular complexity index is 640. The van der Waals surface area contributed by atoms with E-state index < -0.39 is 0 Å². The van der Waals surface area contributed by atoms with E-state index in [1.54, 1.807) is 0 Å². The van der Waals surface area contributed by atoms with E-state index in [2.05, 4.69) is 23.5 Å². The Kier molecular flexibility index (Phi) is 2.54. The summed E-state index contributed by atoms with van der Waals surface area (Å²) in [4.78, 5) is 0. The highest BCUT2D eigenvalue weighted by Gasteiger charge is 2.35. The smallest absolute Gasteiger partial charge is 0.131 e. The lowest BCUT2D eigenvalue weighted by Gasteiger charge is -2.17. The lowest BCUT2D eigenvalue weighted by atomic mass is 9.92. The van der Waals surface area contributed by atoms with E-state index in [4.69, 9.17) is 16.3 Å². The number of ether oxygens (including phenoxy) is 1. The van der Waals surface area contributed by atoms with E-state index >= 15 is 0 Å². The molecule has 2 aliphatic heterocycles. The monoisotopic (exact) mass is 277 g/mol. The minimum absolute atomic E-state index is 0.442. The summed E-state index contributed by atoms with van der Waals surface area (Å²) in [5.41, 5.74) is 2.52. The predicted octanol–water partition coefficient (Wildman–Crippen LogP) is 3.92. The second kappa shape index (κ2) is 4.26. The molecule has 0 unspecified atom stereocenters. The van der Waals surface area contributed by atoms with Crippen LogP contribution in [0.3, 0.4) is 0 Å². The molecule has 4 rings (SSSR count). The van der Waals surface area contributed by atoms with Crippen molar-refractivity contribution in [1.29, 1.82) is 0 Å². The maximum Gasteiger partial charge on any atom is 0.131 e. The van der Waals surface area contributed by atoms with Gasteiger partial charge < -0.3 is 10.1 Å². The van der Waals surface area contributed by atoms with E-state index in [-0.39, 0.29) is 0 Å². The van der Waals surface area contributed by atoms with Crippen molar-refractivity contribution in [3.8, 4) is 11.5 Å². The van der Waals surface area contributed by atoms with Crippen LogP contribution >= 0.6 is 11.6 Å². The molecule has 2 atom stereocenters. The number of nitrogens with one attached hydrogen (secondary N) is 1. The van der Waals surface area contributed by atoms with Crippen LogP contribution in [-0.2, 0) is 0 Å². The molecule has 19 heavy (non-hydrogen) atoms. The molecule has 1 fully saturated rings. The van der Waals surface area contributed by atoms with Gasteiger partial charge in [0.15, 0.2) is 0 Å². The van der Waals surface area contributed by atoms with Gasteiger partial charge in [0.2, 0.25) is 0 Å². The Morgan fingerprint density at radius 1 is 0.947 bits per heavy atom. The van der Waals surface area contributed by atoms with Crippen molar-refractivity contribution < 1.29 is 4.74 Å². The highest BCUT2D eigenvalue weighted by Crippen LogP contribution is 2.48. The van der Waals surface area contributed by atoms with Gasteiger partial charge in [0.25, 0.3) is 0 Å². The zero-order valence-corrected chi connectivity index (χ0v) is 11.2. The number of hydrogen-bond acceptors (Lipinski definition) is 2. The molecule has 96 valence electrons. The van der Waals surface area contributed by atoms with Crippen LogP contribution in [-0.4, -0.2) is 13.1 Å². The van der Waals surface area contributed by atoms with Gasteiger partial charge in [0.1, 0.15) is 11.5 Å². The highest BCUT2D eigenvalue weighted by molar-refractivity contribution is 6.30. The Labute approximate surface area is 117 Å². The van der Waals surface area contributed by atoms with E-state index in [9.17, 15) is 0 Å². The zero-order valence-electron chi connectivity index (χ0n) is 10.4. The zero-order chi connectivity index (χ0) is 12.8. The van der Waals surface area contributed by atoms with Crippen LogP contribution in [0.1, 0.15) is 23.0 Å². The lowest BCUT2D eigenvalue weighted by molar-refractivity contribution is 0.476. The highest BCUT2D eigenvalue weighted by atomic mass is 35.5. The summed E-state index contributed by atoms with van der Waals surface area (Å²) >= 11 is 6.16. The maximum atomic E-state index is 6.16. The summed E-state index contributed by atoms with van der Waals surface area (Å²) in [6.07, 6.45) is 0. The molecule has 0 radical (unpaired) electrons. The molecule has 0 saturated carbocycles. The summed E-state index contributed by atoms with van der Waals surface area (Å²) in [6.45, 7) is 1.98. The summed E-state index contributed by atoms with van der Waals surface area (Å²) in [5, 5.41) is 4.27. The second-order valence-electron chi connectivity index (χ2n) is 5.19. The van der Waals surface area contributed by atoms with Crippen molar-refractivity contribution in [3.05, 3.63) is 58.6 Å². The number of hydrogen-bond donors (Lipinski definition) is 1. The molecule has 2 nitrogen and oxygen atoms in total. The number of fused-ring (bicyclic) bond motifs is 5. The molecular weight excluding hydrogens is 264 g/mol. The maximum absolute atomic E-state index is 6.16. The summed E-state index contributed by atoms with van der Waals surface area (Å²) in [5.74, 6) is 2.82. The van der Waals surface area contributed by atoms with E-state index in [1.807, 2.05) is 24.3 Å². The van der Waals surface area contributed by atoms with E-state index in [0.717, 1.165) is 29.6 Å². The fourth-order valence-corrected chi connectivity index (χ4v) is 3.41. The third-order valence-electron chi connectivity index (χ3n) is 4.12. The molecule has 2 aliphatic rings. The number of rotatable bonds is 0. The Hall–Kier alpha value is -1.51. The van der Waals surface area contributed by atoms with Crippen molar-refractivity contribution in [2.75, 3.05) is 13.1 Å². The largest absolute Gasteiger partial charge is 0.457 e. The third-order valence-corrected chi connectivity index (χ3v) is 4.36. The molecule has 0 spiro atoms. The van der Waals surface area contributed by atoms with Gasteiger partial charge in [-0.15, -0.1) is 0 Å². The van der Waals surface area contributed by atoms with E-state index in [1.165, 1.54) is 11.1 Å². The fraction of sp³-hybridized carbons (Fsp3) is 0.250. The summed E-state index contributed by atoms with van der Waals surface area (Å²) in [7, 11) is 0. The predicted molar refractivity (Wildman–Crippen MR) is 76.3 cm³/mol. The topological polar surface area (TPSA) is 21.3 Å². The molecule has 0 amide bonds. The SMILES string of the molecule is Cl[13c]1[13cH][13cH][13c]2[13c]([13cH]1)[C@H]1CNC[C@@H]1c1ccccc1O2. The van der Waals surface area contributed by atoms with Crippen molar-refractivity contribution in [2.24, 2.45) is 0 Å². The third kappa shape index (κ3) is 1.75. The average Bonchev–Trinajstić information content (AvgIpc) is 2.86. The van der Waals surface area contributed by atoms with Gasteiger partial charge >= 0.3 is 0 Å². The average molecular weight is 278 g/mol. The van der Waals surface area contributed by atoms with Gasteiger partial charge in [-0.3, -0.25) is 0 Å². The van der Waals surface area contributed by atoms with Gasteiger partial charge in [-0.05, 0) is 29.8 Å². The fourth-order valence-electron chi connectivity index (χ4n) is 3.23. The van der Waals surface area contributed by atoms with Crippen molar-refractivity contribution in [1.82, 2.24) is 5.32 Å². The first-order chi connectivity index (χ1) is 9.33. The molecule has 2 aromatic carbocycles.